The third-order valence-corrected chi connectivity index (χ3v) is 3.39. The van der Waals surface area contributed by atoms with Gasteiger partial charge in [-0.15, -0.1) is 0 Å². The lowest BCUT2D eigenvalue weighted by atomic mass is 9.99. The summed E-state index contributed by atoms with van der Waals surface area (Å²) in [5.41, 5.74) is 0.251. The summed E-state index contributed by atoms with van der Waals surface area (Å²) in [4.78, 5) is 28.6. The van der Waals surface area contributed by atoms with Crippen molar-refractivity contribution in [2.75, 3.05) is 13.1 Å². The summed E-state index contributed by atoms with van der Waals surface area (Å²) in [7, 11) is 0. The van der Waals surface area contributed by atoms with Gasteiger partial charge in [-0.2, -0.15) is 0 Å². The monoisotopic (exact) mass is 268 g/mol. The maximum absolute atomic E-state index is 12.1. The first-order valence-corrected chi connectivity index (χ1v) is 6.00. The average molecular weight is 269 g/mol. The lowest BCUT2D eigenvalue weighted by Crippen LogP contribution is -2.30. The molecule has 96 valence electrons. The molecule has 1 aromatic heterocycles. The molecule has 1 aromatic rings. The molecule has 1 amide bonds. The Morgan fingerprint density at radius 3 is 2.78 bits per heavy atom. The first-order valence-electron chi connectivity index (χ1n) is 5.62. The maximum Gasteiger partial charge on any atom is 0.308 e. The quantitative estimate of drug-likeness (QED) is 0.883. The Kier molecular flexibility index (Phi) is 3.52. The number of carbonyl (C=O) groups is 2. The molecule has 0 spiro atoms. The van der Waals surface area contributed by atoms with Gasteiger partial charge in [0.05, 0.1) is 5.92 Å². The van der Waals surface area contributed by atoms with Crippen LogP contribution in [0.4, 0.5) is 0 Å². The van der Waals surface area contributed by atoms with E-state index in [9.17, 15) is 9.59 Å². The number of carbonyl (C=O) groups excluding carboxylic acids is 1. The van der Waals surface area contributed by atoms with E-state index in [1.807, 2.05) is 6.92 Å². The zero-order valence-corrected chi connectivity index (χ0v) is 10.6. The first kappa shape index (κ1) is 12.8. The van der Waals surface area contributed by atoms with Crippen molar-refractivity contribution in [3.63, 3.8) is 0 Å². The fourth-order valence-electron chi connectivity index (χ4n) is 2.14. The zero-order valence-electron chi connectivity index (χ0n) is 9.84. The Bertz CT molecular complexity index is 492. The molecule has 1 aliphatic heterocycles. The molecule has 18 heavy (non-hydrogen) atoms. The Morgan fingerprint density at radius 1 is 1.50 bits per heavy atom. The highest BCUT2D eigenvalue weighted by Gasteiger charge is 2.37. The Balaban J connectivity index is 2.14. The van der Waals surface area contributed by atoms with Crippen LogP contribution in [0.3, 0.4) is 0 Å². The van der Waals surface area contributed by atoms with E-state index in [0.717, 1.165) is 0 Å². The van der Waals surface area contributed by atoms with Gasteiger partial charge in [0.15, 0.2) is 0 Å². The Labute approximate surface area is 109 Å². The van der Waals surface area contributed by atoms with Gasteiger partial charge < -0.3 is 10.0 Å². The maximum atomic E-state index is 12.1. The molecule has 2 unspecified atom stereocenters. The van der Waals surface area contributed by atoms with Gasteiger partial charge in [0, 0.05) is 24.3 Å². The van der Waals surface area contributed by atoms with Crippen LogP contribution in [0.15, 0.2) is 18.3 Å². The summed E-state index contributed by atoms with van der Waals surface area (Å²) in [6.45, 7) is 2.49. The molecule has 0 radical (unpaired) electrons. The van der Waals surface area contributed by atoms with E-state index in [4.69, 9.17) is 16.7 Å². The second kappa shape index (κ2) is 4.94. The van der Waals surface area contributed by atoms with Crippen LogP contribution in [0.1, 0.15) is 17.4 Å². The van der Waals surface area contributed by atoms with Crippen molar-refractivity contribution in [2.24, 2.45) is 11.8 Å². The minimum absolute atomic E-state index is 0.0503. The topological polar surface area (TPSA) is 70.5 Å². The van der Waals surface area contributed by atoms with Crippen LogP contribution < -0.4 is 0 Å². The Morgan fingerprint density at radius 2 is 2.22 bits per heavy atom. The van der Waals surface area contributed by atoms with E-state index < -0.39 is 11.9 Å². The van der Waals surface area contributed by atoms with Gasteiger partial charge in [-0.1, -0.05) is 18.5 Å². The van der Waals surface area contributed by atoms with Crippen molar-refractivity contribution in [3.05, 3.63) is 29.0 Å². The van der Waals surface area contributed by atoms with Gasteiger partial charge >= 0.3 is 5.97 Å². The molecule has 1 N–H and O–H groups in total. The highest BCUT2D eigenvalue weighted by Crippen LogP contribution is 2.24. The van der Waals surface area contributed by atoms with Gasteiger partial charge in [0.2, 0.25) is 0 Å². The minimum Gasteiger partial charge on any atom is -0.481 e. The van der Waals surface area contributed by atoms with E-state index in [1.54, 1.807) is 6.07 Å². The van der Waals surface area contributed by atoms with Crippen LogP contribution in [-0.2, 0) is 4.79 Å². The molecular formula is C12H13ClN2O3. The molecule has 5 nitrogen and oxygen atoms in total. The number of halogens is 1. The molecule has 6 heteroatoms. The van der Waals surface area contributed by atoms with Crippen molar-refractivity contribution < 1.29 is 14.7 Å². The molecule has 2 heterocycles. The minimum atomic E-state index is -0.864. The SMILES string of the molecule is CC1CN(C(=O)c2cc(Cl)ccn2)CC1C(=O)O. The number of hydrogen-bond donors (Lipinski definition) is 1. The molecule has 2 rings (SSSR count). The summed E-state index contributed by atoms with van der Waals surface area (Å²) in [5, 5.41) is 9.46. The van der Waals surface area contributed by atoms with Crippen LogP contribution >= 0.6 is 11.6 Å². The fourth-order valence-corrected chi connectivity index (χ4v) is 2.30. The standard InChI is InChI=1S/C12H13ClN2O3/c1-7-5-15(6-9(7)12(17)18)11(16)10-4-8(13)2-3-14-10/h2-4,7,9H,5-6H2,1H3,(H,17,18). The molecule has 0 aliphatic carbocycles. The van der Waals surface area contributed by atoms with Crippen molar-refractivity contribution in [1.82, 2.24) is 9.88 Å². The number of carboxylic acid groups (broad SMARTS) is 1. The van der Waals surface area contributed by atoms with Crippen LogP contribution in [0.5, 0.6) is 0 Å². The van der Waals surface area contributed by atoms with E-state index in [2.05, 4.69) is 4.98 Å². The highest BCUT2D eigenvalue weighted by atomic mass is 35.5. The molecule has 0 bridgehead atoms. The first-order chi connectivity index (χ1) is 8.49. The van der Waals surface area contributed by atoms with Gasteiger partial charge in [-0.05, 0) is 18.1 Å². The number of aliphatic carboxylic acids is 1. The third kappa shape index (κ3) is 2.46. The van der Waals surface area contributed by atoms with Gasteiger partial charge in [-0.25, -0.2) is 0 Å². The molecule has 0 aromatic carbocycles. The molecule has 2 atom stereocenters. The van der Waals surface area contributed by atoms with E-state index in [-0.39, 0.29) is 24.1 Å². The number of rotatable bonds is 2. The number of likely N-dealkylation sites (tertiary alicyclic amines) is 1. The van der Waals surface area contributed by atoms with Crippen molar-refractivity contribution in [1.29, 1.82) is 0 Å². The predicted octanol–water partition coefficient (Wildman–Crippen LogP) is 1.53. The van der Waals surface area contributed by atoms with E-state index in [0.29, 0.717) is 11.6 Å². The van der Waals surface area contributed by atoms with Gasteiger partial charge in [-0.3, -0.25) is 14.6 Å². The average Bonchev–Trinajstić information content (AvgIpc) is 2.70. The van der Waals surface area contributed by atoms with E-state index in [1.165, 1.54) is 17.2 Å². The number of nitrogens with zero attached hydrogens (tertiary/aromatic N) is 2. The van der Waals surface area contributed by atoms with Crippen LogP contribution in [-0.4, -0.2) is 40.0 Å². The summed E-state index contributed by atoms with van der Waals surface area (Å²) in [6, 6.07) is 3.08. The molecular weight excluding hydrogens is 256 g/mol. The predicted molar refractivity (Wildman–Crippen MR) is 65.4 cm³/mol. The molecule has 0 saturated carbocycles. The summed E-state index contributed by atoms with van der Waals surface area (Å²) in [5.74, 6) is -1.69. The fraction of sp³-hybridized carbons (Fsp3) is 0.417. The normalized spacial score (nSPS) is 23.1. The summed E-state index contributed by atoms with van der Waals surface area (Å²) >= 11 is 5.80. The van der Waals surface area contributed by atoms with Gasteiger partial charge in [0.1, 0.15) is 5.69 Å². The highest BCUT2D eigenvalue weighted by molar-refractivity contribution is 6.30. The second-order valence-electron chi connectivity index (χ2n) is 4.49. The smallest absolute Gasteiger partial charge is 0.308 e. The molecule has 1 aliphatic rings. The summed E-state index contributed by atoms with van der Waals surface area (Å²) < 4.78 is 0. The van der Waals surface area contributed by atoms with Crippen LogP contribution in [0.25, 0.3) is 0 Å². The number of amides is 1. The van der Waals surface area contributed by atoms with E-state index >= 15 is 0 Å². The second-order valence-corrected chi connectivity index (χ2v) is 4.93. The zero-order chi connectivity index (χ0) is 13.3. The van der Waals surface area contributed by atoms with Crippen LogP contribution in [0.2, 0.25) is 5.02 Å². The Hall–Kier alpha value is -1.62. The lowest BCUT2D eigenvalue weighted by Gasteiger charge is -2.15. The number of aromatic nitrogens is 1. The number of carboxylic acids is 1. The lowest BCUT2D eigenvalue weighted by molar-refractivity contribution is -0.142. The van der Waals surface area contributed by atoms with Crippen molar-refractivity contribution in [2.45, 2.75) is 6.92 Å². The largest absolute Gasteiger partial charge is 0.481 e. The number of pyridine rings is 1. The molecule has 1 fully saturated rings. The third-order valence-electron chi connectivity index (χ3n) is 3.16. The molecule has 1 saturated heterocycles. The van der Waals surface area contributed by atoms with Crippen molar-refractivity contribution >= 4 is 23.5 Å². The van der Waals surface area contributed by atoms with Gasteiger partial charge in [0.25, 0.3) is 5.91 Å². The summed E-state index contributed by atoms with van der Waals surface area (Å²) in [6.07, 6.45) is 1.46. The number of hydrogen-bond acceptors (Lipinski definition) is 3. The van der Waals surface area contributed by atoms with Crippen LogP contribution in [0, 0.1) is 11.8 Å². The van der Waals surface area contributed by atoms with Crippen molar-refractivity contribution in [3.8, 4) is 0 Å².